The maximum atomic E-state index is 10.4. The zero-order chi connectivity index (χ0) is 14.9. The molecule has 0 spiro atoms. The summed E-state index contributed by atoms with van der Waals surface area (Å²) in [7, 11) is 0. The fourth-order valence-electron chi connectivity index (χ4n) is 3.22. The highest BCUT2D eigenvalue weighted by Gasteiger charge is 2.20. The van der Waals surface area contributed by atoms with Gasteiger partial charge in [-0.1, -0.05) is 82.6 Å². The molecule has 2 rings (SSSR count). The second kappa shape index (κ2) is 9.25. The molecule has 21 heavy (non-hydrogen) atoms. The third kappa shape index (κ3) is 5.47. The zero-order valence-corrected chi connectivity index (χ0v) is 13.7. The molecule has 0 amide bonds. The molecule has 1 heteroatoms. The van der Waals surface area contributed by atoms with Gasteiger partial charge in [-0.15, -0.1) is 0 Å². The molecular formula is C20H32O. The lowest BCUT2D eigenvalue weighted by Crippen LogP contribution is -2.09. The fraction of sp³-hybridized carbons (Fsp3) is 0.700. The van der Waals surface area contributed by atoms with E-state index in [1.165, 1.54) is 63.4 Å². The van der Waals surface area contributed by atoms with Crippen molar-refractivity contribution < 1.29 is 5.11 Å². The molecule has 0 bridgehead atoms. The average molecular weight is 288 g/mol. The minimum atomic E-state index is -0.263. The normalized spacial score (nSPS) is 16.7. The second-order valence-electron chi connectivity index (χ2n) is 6.72. The van der Waals surface area contributed by atoms with E-state index >= 15 is 0 Å². The first-order chi connectivity index (χ1) is 10.3. The number of benzene rings is 1. The third-order valence-electron chi connectivity index (χ3n) is 4.95. The number of rotatable bonds is 10. The number of aliphatic hydroxyl groups excluding tert-OH is 1. The predicted molar refractivity (Wildman–Crippen MR) is 90.6 cm³/mol. The van der Waals surface area contributed by atoms with Gasteiger partial charge in [-0.05, 0) is 36.3 Å². The Bertz CT molecular complexity index is 395. The van der Waals surface area contributed by atoms with Crippen LogP contribution in [0.15, 0.2) is 24.3 Å². The van der Waals surface area contributed by atoms with Crippen molar-refractivity contribution in [3.63, 3.8) is 0 Å². The topological polar surface area (TPSA) is 20.2 Å². The van der Waals surface area contributed by atoms with Gasteiger partial charge in [0.15, 0.2) is 0 Å². The van der Waals surface area contributed by atoms with Crippen molar-refractivity contribution in [3.8, 4) is 0 Å². The Labute approximate surface area is 130 Å². The highest BCUT2D eigenvalue weighted by atomic mass is 16.3. The average Bonchev–Trinajstić information content (AvgIpc) is 2.44. The van der Waals surface area contributed by atoms with Crippen LogP contribution in [-0.2, 0) is 0 Å². The summed E-state index contributed by atoms with van der Waals surface area (Å²) < 4.78 is 0. The van der Waals surface area contributed by atoms with E-state index in [4.69, 9.17) is 0 Å². The van der Waals surface area contributed by atoms with Crippen molar-refractivity contribution in [1.82, 2.24) is 0 Å². The molecule has 1 aromatic carbocycles. The highest BCUT2D eigenvalue weighted by Crippen LogP contribution is 2.37. The molecule has 0 saturated heterocycles. The fourth-order valence-corrected chi connectivity index (χ4v) is 3.22. The SMILES string of the molecule is CCCCCCCCCC(O)c1cccc(C2CCC2)c1. The molecule has 0 aromatic heterocycles. The quantitative estimate of drug-likeness (QED) is 0.513. The van der Waals surface area contributed by atoms with Gasteiger partial charge < -0.3 is 5.11 Å². The third-order valence-corrected chi connectivity index (χ3v) is 4.95. The van der Waals surface area contributed by atoms with Gasteiger partial charge in [-0.25, -0.2) is 0 Å². The lowest BCUT2D eigenvalue weighted by molar-refractivity contribution is 0.163. The van der Waals surface area contributed by atoms with Gasteiger partial charge in [0.2, 0.25) is 0 Å². The number of aliphatic hydroxyl groups is 1. The predicted octanol–water partition coefficient (Wildman–Crippen LogP) is 6.13. The molecule has 1 aliphatic carbocycles. The Morgan fingerprint density at radius 1 is 1.05 bits per heavy atom. The van der Waals surface area contributed by atoms with Crippen LogP contribution >= 0.6 is 0 Å². The molecule has 0 aliphatic heterocycles. The van der Waals surface area contributed by atoms with Gasteiger partial charge in [0.25, 0.3) is 0 Å². The minimum absolute atomic E-state index is 0.263. The van der Waals surface area contributed by atoms with E-state index in [0.29, 0.717) is 0 Å². The van der Waals surface area contributed by atoms with Crippen LogP contribution in [0.5, 0.6) is 0 Å². The first-order valence-electron chi connectivity index (χ1n) is 9.09. The summed E-state index contributed by atoms with van der Waals surface area (Å²) in [5, 5.41) is 10.4. The maximum absolute atomic E-state index is 10.4. The lowest BCUT2D eigenvalue weighted by Gasteiger charge is -2.26. The molecule has 0 radical (unpaired) electrons. The number of unbranched alkanes of at least 4 members (excludes halogenated alkanes) is 6. The molecule has 1 aliphatic rings. The molecule has 1 aromatic rings. The van der Waals surface area contributed by atoms with Gasteiger partial charge >= 0.3 is 0 Å². The van der Waals surface area contributed by atoms with Crippen molar-refractivity contribution in [2.45, 2.75) is 89.6 Å². The van der Waals surface area contributed by atoms with E-state index < -0.39 is 0 Å². The Hall–Kier alpha value is -0.820. The summed E-state index contributed by atoms with van der Waals surface area (Å²) in [5.74, 6) is 0.760. The number of hydrogen-bond acceptors (Lipinski definition) is 1. The van der Waals surface area contributed by atoms with E-state index in [9.17, 15) is 5.11 Å². The van der Waals surface area contributed by atoms with Crippen LogP contribution in [0.4, 0.5) is 0 Å². The van der Waals surface area contributed by atoms with Crippen LogP contribution in [0.2, 0.25) is 0 Å². The summed E-state index contributed by atoms with van der Waals surface area (Å²) >= 11 is 0. The van der Waals surface area contributed by atoms with Crippen LogP contribution in [0.3, 0.4) is 0 Å². The van der Waals surface area contributed by atoms with Crippen LogP contribution in [0, 0.1) is 0 Å². The Kier molecular flexibility index (Phi) is 7.29. The Morgan fingerprint density at radius 2 is 1.76 bits per heavy atom. The summed E-state index contributed by atoms with van der Waals surface area (Å²) in [5.41, 5.74) is 2.57. The summed E-state index contributed by atoms with van der Waals surface area (Å²) in [6, 6.07) is 8.69. The summed E-state index contributed by atoms with van der Waals surface area (Å²) in [4.78, 5) is 0. The summed E-state index contributed by atoms with van der Waals surface area (Å²) in [6.07, 6.45) is 13.9. The number of hydrogen-bond donors (Lipinski definition) is 1. The Balaban J connectivity index is 1.66. The molecule has 0 heterocycles. The smallest absolute Gasteiger partial charge is 0.0790 e. The van der Waals surface area contributed by atoms with E-state index in [-0.39, 0.29) is 6.10 Å². The minimum Gasteiger partial charge on any atom is -0.388 e. The molecule has 1 fully saturated rings. The largest absolute Gasteiger partial charge is 0.388 e. The van der Waals surface area contributed by atoms with Crippen LogP contribution in [-0.4, -0.2) is 5.11 Å². The highest BCUT2D eigenvalue weighted by molar-refractivity contribution is 5.28. The van der Waals surface area contributed by atoms with E-state index in [1.807, 2.05) is 0 Å². The van der Waals surface area contributed by atoms with Crippen molar-refractivity contribution in [2.75, 3.05) is 0 Å². The van der Waals surface area contributed by atoms with Gasteiger partial charge in [0.05, 0.1) is 6.10 Å². The van der Waals surface area contributed by atoms with Crippen LogP contribution < -0.4 is 0 Å². The van der Waals surface area contributed by atoms with E-state index in [1.54, 1.807) is 0 Å². The van der Waals surface area contributed by atoms with Crippen molar-refractivity contribution in [1.29, 1.82) is 0 Å². The molecule has 1 N–H and O–H groups in total. The monoisotopic (exact) mass is 288 g/mol. The van der Waals surface area contributed by atoms with Gasteiger partial charge in [0.1, 0.15) is 0 Å². The first kappa shape index (κ1) is 16.5. The molecule has 1 saturated carbocycles. The summed E-state index contributed by atoms with van der Waals surface area (Å²) in [6.45, 7) is 2.26. The van der Waals surface area contributed by atoms with E-state index in [0.717, 1.165) is 24.3 Å². The first-order valence-corrected chi connectivity index (χ1v) is 9.09. The van der Waals surface area contributed by atoms with Crippen molar-refractivity contribution in [3.05, 3.63) is 35.4 Å². The zero-order valence-electron chi connectivity index (χ0n) is 13.7. The van der Waals surface area contributed by atoms with Crippen molar-refractivity contribution in [2.24, 2.45) is 0 Å². The second-order valence-corrected chi connectivity index (χ2v) is 6.72. The van der Waals surface area contributed by atoms with Crippen molar-refractivity contribution >= 4 is 0 Å². The lowest BCUT2D eigenvalue weighted by atomic mass is 9.79. The van der Waals surface area contributed by atoms with Crippen LogP contribution in [0.1, 0.15) is 101 Å². The maximum Gasteiger partial charge on any atom is 0.0790 e. The van der Waals surface area contributed by atoms with Gasteiger partial charge in [-0.3, -0.25) is 0 Å². The van der Waals surface area contributed by atoms with Crippen LogP contribution in [0.25, 0.3) is 0 Å². The standard InChI is InChI=1S/C20H32O/c1-2-3-4-5-6-7-8-15-20(21)19-14-10-13-18(16-19)17-11-9-12-17/h10,13-14,16-17,20-21H,2-9,11-12,15H2,1H3. The molecule has 118 valence electrons. The van der Waals surface area contributed by atoms with E-state index in [2.05, 4.69) is 31.2 Å². The molecular weight excluding hydrogens is 256 g/mol. The van der Waals surface area contributed by atoms with Gasteiger partial charge in [-0.2, -0.15) is 0 Å². The Morgan fingerprint density at radius 3 is 2.43 bits per heavy atom. The molecule has 1 unspecified atom stereocenters. The molecule has 1 nitrogen and oxygen atoms in total. The van der Waals surface area contributed by atoms with Gasteiger partial charge in [0, 0.05) is 0 Å². The molecule has 1 atom stereocenters.